The molecule has 10 nitrogen and oxygen atoms in total. The Bertz CT molecular complexity index is 1500. The van der Waals surface area contributed by atoms with Gasteiger partial charge in [0.05, 0.1) is 22.3 Å². The Labute approximate surface area is 216 Å². The van der Waals surface area contributed by atoms with E-state index in [-0.39, 0.29) is 21.8 Å². The van der Waals surface area contributed by atoms with Crippen molar-refractivity contribution in [2.45, 2.75) is 6.18 Å². The van der Waals surface area contributed by atoms with Gasteiger partial charge in [0.25, 0.3) is 5.88 Å². The topological polar surface area (TPSA) is 130 Å². The van der Waals surface area contributed by atoms with Crippen molar-refractivity contribution in [1.29, 1.82) is 0 Å². The summed E-state index contributed by atoms with van der Waals surface area (Å²) in [4.78, 5) is 52.5. The van der Waals surface area contributed by atoms with Gasteiger partial charge in [0.2, 0.25) is 5.75 Å². The van der Waals surface area contributed by atoms with Crippen molar-refractivity contribution in [2.75, 3.05) is 0 Å². The van der Waals surface area contributed by atoms with Gasteiger partial charge in [-0.15, -0.1) is 0 Å². The predicted octanol–water partition coefficient (Wildman–Crippen LogP) is 4.60. The third-order valence-corrected chi connectivity index (χ3v) is 4.94. The van der Waals surface area contributed by atoms with E-state index in [0.29, 0.717) is 6.20 Å². The number of carbonyl (C=O) groups excluding carboxylic acids is 3. The molecular formula is C24H12ClF3N4O6. The van der Waals surface area contributed by atoms with Gasteiger partial charge in [0.1, 0.15) is 11.3 Å². The van der Waals surface area contributed by atoms with Crippen LogP contribution in [0.2, 0.25) is 5.02 Å². The van der Waals surface area contributed by atoms with Crippen molar-refractivity contribution in [3.8, 4) is 17.4 Å². The molecule has 0 bridgehead atoms. The van der Waals surface area contributed by atoms with Crippen molar-refractivity contribution in [3.05, 3.63) is 101 Å². The van der Waals surface area contributed by atoms with Crippen LogP contribution in [0, 0.1) is 0 Å². The molecule has 0 aliphatic rings. The van der Waals surface area contributed by atoms with Gasteiger partial charge in [-0.3, -0.25) is 9.97 Å². The Balaban J connectivity index is 1.81. The third-order valence-electron chi connectivity index (χ3n) is 4.61. The standard InChI is InChI=1S/C24H12ClF3N4O6/c25-15-6-10-30-11-14(15)22(34)38-20-19(37-21(33)13-4-8-29-9-5-13)18(24(26,27)28)17(12-32-20)36-23(35)16-3-1-2-7-31-16/h1-12H. The number of pyridine rings is 4. The van der Waals surface area contributed by atoms with Crippen molar-refractivity contribution < 1.29 is 41.8 Å². The summed E-state index contributed by atoms with van der Waals surface area (Å²) in [6, 6.07) is 7.71. The molecule has 38 heavy (non-hydrogen) atoms. The number of aromatic nitrogens is 4. The van der Waals surface area contributed by atoms with E-state index in [4.69, 9.17) is 25.8 Å². The highest BCUT2D eigenvalue weighted by Crippen LogP contribution is 2.46. The van der Waals surface area contributed by atoms with Gasteiger partial charge in [-0.25, -0.2) is 24.4 Å². The molecule has 0 aliphatic heterocycles. The minimum absolute atomic E-state index is 0.114. The summed E-state index contributed by atoms with van der Waals surface area (Å²) in [5.74, 6) is -7.30. The molecule has 0 aromatic carbocycles. The molecule has 0 fully saturated rings. The van der Waals surface area contributed by atoms with E-state index in [0.717, 1.165) is 6.20 Å². The molecule has 192 valence electrons. The largest absolute Gasteiger partial charge is 0.423 e. The molecule has 0 saturated carbocycles. The maximum absolute atomic E-state index is 14.3. The zero-order valence-electron chi connectivity index (χ0n) is 18.7. The Morgan fingerprint density at radius 2 is 1.50 bits per heavy atom. The number of rotatable bonds is 6. The van der Waals surface area contributed by atoms with Crippen LogP contribution in [-0.4, -0.2) is 37.8 Å². The SMILES string of the molecule is O=C(Oc1c(OC(=O)c2cnccc2Cl)ncc(OC(=O)c2ccccn2)c1C(F)(F)F)c1ccncc1. The number of hydrogen-bond donors (Lipinski definition) is 0. The molecule has 0 unspecified atom stereocenters. The summed E-state index contributed by atoms with van der Waals surface area (Å²) >= 11 is 5.94. The number of ether oxygens (including phenoxy) is 3. The van der Waals surface area contributed by atoms with Crippen LogP contribution in [0.3, 0.4) is 0 Å². The summed E-state index contributed by atoms with van der Waals surface area (Å²) in [6.45, 7) is 0. The molecule has 4 heterocycles. The number of esters is 3. The molecule has 4 aromatic heterocycles. The monoisotopic (exact) mass is 544 g/mol. The molecular weight excluding hydrogens is 533 g/mol. The average Bonchev–Trinajstić information content (AvgIpc) is 2.90. The zero-order chi connectivity index (χ0) is 27.3. The maximum atomic E-state index is 14.3. The normalized spacial score (nSPS) is 10.9. The molecule has 4 rings (SSSR count). The average molecular weight is 545 g/mol. The van der Waals surface area contributed by atoms with Crippen LogP contribution in [0.1, 0.15) is 36.8 Å². The zero-order valence-corrected chi connectivity index (χ0v) is 19.4. The van der Waals surface area contributed by atoms with Crippen LogP contribution in [0.4, 0.5) is 13.2 Å². The number of hydrogen-bond acceptors (Lipinski definition) is 10. The molecule has 0 aliphatic carbocycles. The lowest BCUT2D eigenvalue weighted by Crippen LogP contribution is -2.20. The number of alkyl halides is 3. The van der Waals surface area contributed by atoms with Crippen LogP contribution < -0.4 is 14.2 Å². The second-order valence-corrected chi connectivity index (χ2v) is 7.51. The van der Waals surface area contributed by atoms with E-state index in [2.05, 4.69) is 19.9 Å². The lowest BCUT2D eigenvalue weighted by atomic mass is 10.2. The second kappa shape index (κ2) is 11.0. The molecule has 0 saturated heterocycles. The molecule has 0 radical (unpaired) electrons. The first-order chi connectivity index (χ1) is 18.1. The first-order valence-corrected chi connectivity index (χ1v) is 10.7. The summed E-state index contributed by atoms with van der Waals surface area (Å²) < 4.78 is 57.8. The highest BCUT2D eigenvalue weighted by molar-refractivity contribution is 6.33. The van der Waals surface area contributed by atoms with Crippen molar-refractivity contribution >= 4 is 29.5 Å². The van der Waals surface area contributed by atoms with Crippen LogP contribution in [-0.2, 0) is 6.18 Å². The van der Waals surface area contributed by atoms with Crippen LogP contribution >= 0.6 is 11.6 Å². The van der Waals surface area contributed by atoms with Gasteiger partial charge in [-0.1, -0.05) is 17.7 Å². The predicted molar refractivity (Wildman–Crippen MR) is 122 cm³/mol. The maximum Gasteiger partial charge on any atom is 0.423 e. The van der Waals surface area contributed by atoms with Gasteiger partial charge in [0.15, 0.2) is 5.75 Å². The van der Waals surface area contributed by atoms with Gasteiger partial charge in [0, 0.05) is 31.0 Å². The van der Waals surface area contributed by atoms with Gasteiger partial charge >= 0.3 is 24.1 Å². The summed E-state index contributed by atoms with van der Waals surface area (Å²) in [5.41, 5.74) is -2.55. The van der Waals surface area contributed by atoms with Crippen molar-refractivity contribution in [1.82, 2.24) is 19.9 Å². The summed E-state index contributed by atoms with van der Waals surface area (Å²) in [5, 5.41) is -0.114. The third kappa shape index (κ3) is 5.90. The van der Waals surface area contributed by atoms with E-state index in [1.54, 1.807) is 0 Å². The molecule has 4 aromatic rings. The second-order valence-electron chi connectivity index (χ2n) is 7.10. The Morgan fingerprint density at radius 1 is 0.763 bits per heavy atom. The number of halogens is 4. The molecule has 0 N–H and O–H groups in total. The lowest BCUT2D eigenvalue weighted by Gasteiger charge is -2.18. The molecule has 14 heteroatoms. The van der Waals surface area contributed by atoms with E-state index >= 15 is 0 Å². The fraction of sp³-hybridized carbons (Fsp3) is 0.0417. The van der Waals surface area contributed by atoms with E-state index in [9.17, 15) is 27.6 Å². The molecule has 0 spiro atoms. The first kappa shape index (κ1) is 26.2. The van der Waals surface area contributed by atoms with Gasteiger partial charge in [-0.05, 0) is 30.3 Å². The lowest BCUT2D eigenvalue weighted by molar-refractivity contribution is -0.139. The quantitative estimate of drug-likeness (QED) is 0.317. The minimum atomic E-state index is -5.29. The fourth-order valence-electron chi connectivity index (χ4n) is 2.92. The van der Waals surface area contributed by atoms with Crippen LogP contribution in [0.25, 0.3) is 0 Å². The van der Waals surface area contributed by atoms with Gasteiger partial charge in [-0.2, -0.15) is 13.2 Å². The molecule has 0 atom stereocenters. The van der Waals surface area contributed by atoms with Crippen molar-refractivity contribution in [2.24, 2.45) is 0 Å². The summed E-state index contributed by atoms with van der Waals surface area (Å²) in [7, 11) is 0. The van der Waals surface area contributed by atoms with Gasteiger partial charge < -0.3 is 14.2 Å². The first-order valence-electron chi connectivity index (χ1n) is 10.3. The van der Waals surface area contributed by atoms with Crippen LogP contribution in [0.5, 0.6) is 17.4 Å². The smallest absolute Gasteiger partial charge is 0.419 e. The highest BCUT2D eigenvalue weighted by atomic mass is 35.5. The van der Waals surface area contributed by atoms with E-state index in [1.807, 2.05) is 0 Å². The highest BCUT2D eigenvalue weighted by Gasteiger charge is 2.43. The Hall–Kier alpha value is -4.91. The number of nitrogens with zero attached hydrogens (tertiary/aromatic N) is 4. The summed E-state index contributed by atoms with van der Waals surface area (Å²) in [6.07, 6.45) is 1.12. The van der Waals surface area contributed by atoms with E-state index in [1.165, 1.54) is 61.2 Å². The van der Waals surface area contributed by atoms with Crippen molar-refractivity contribution in [3.63, 3.8) is 0 Å². The Morgan fingerprint density at radius 3 is 2.16 bits per heavy atom. The minimum Gasteiger partial charge on any atom is -0.419 e. The van der Waals surface area contributed by atoms with Crippen LogP contribution in [0.15, 0.2) is 73.6 Å². The fourth-order valence-corrected chi connectivity index (χ4v) is 3.10. The Kier molecular flexibility index (Phi) is 7.58. The van der Waals surface area contributed by atoms with E-state index < -0.39 is 47.0 Å². The number of carbonyl (C=O) groups is 3. The molecule has 0 amide bonds.